The summed E-state index contributed by atoms with van der Waals surface area (Å²) in [6.45, 7) is 2.16. The normalized spacial score (nSPS) is 10.8. The molecule has 1 aromatic carbocycles. The summed E-state index contributed by atoms with van der Waals surface area (Å²) >= 11 is 0. The van der Waals surface area contributed by atoms with Crippen molar-refractivity contribution in [3.8, 4) is 17.1 Å². The number of rotatable bonds is 4. The van der Waals surface area contributed by atoms with Crippen LogP contribution in [0.1, 0.15) is 11.6 Å². The first-order chi connectivity index (χ1) is 10.2. The number of nitrogens with two attached hydrogens (primary N) is 1. The van der Waals surface area contributed by atoms with Crippen molar-refractivity contribution in [2.75, 3.05) is 12.8 Å². The zero-order valence-electron chi connectivity index (χ0n) is 11.6. The van der Waals surface area contributed by atoms with Gasteiger partial charge in [-0.05, 0) is 31.2 Å². The molecule has 0 fully saturated rings. The van der Waals surface area contributed by atoms with Crippen molar-refractivity contribution in [2.24, 2.45) is 0 Å². The molecule has 2 heterocycles. The van der Waals surface area contributed by atoms with Crippen LogP contribution in [0, 0.1) is 6.92 Å². The molecule has 21 heavy (non-hydrogen) atoms. The molecule has 0 aliphatic carbocycles. The number of anilines is 1. The van der Waals surface area contributed by atoms with Crippen molar-refractivity contribution >= 4 is 5.82 Å². The van der Waals surface area contributed by atoms with Crippen LogP contribution in [-0.2, 0) is 6.54 Å². The monoisotopic (exact) mass is 286 g/mol. The minimum absolute atomic E-state index is 0.333. The van der Waals surface area contributed by atoms with Gasteiger partial charge in [-0.15, -0.1) is 5.10 Å². The lowest BCUT2D eigenvalue weighted by Gasteiger charge is -1.99. The lowest BCUT2D eigenvalue weighted by Crippen LogP contribution is -2.04. The van der Waals surface area contributed by atoms with Gasteiger partial charge in [-0.2, -0.15) is 4.98 Å². The van der Waals surface area contributed by atoms with E-state index >= 15 is 0 Å². The van der Waals surface area contributed by atoms with Crippen LogP contribution in [0.5, 0.6) is 5.75 Å². The van der Waals surface area contributed by atoms with Gasteiger partial charge in [0, 0.05) is 5.56 Å². The highest BCUT2D eigenvalue weighted by atomic mass is 16.5. The highest BCUT2D eigenvalue weighted by molar-refractivity contribution is 5.55. The van der Waals surface area contributed by atoms with Gasteiger partial charge in [-0.1, -0.05) is 10.4 Å². The first kappa shape index (κ1) is 13.1. The van der Waals surface area contributed by atoms with Crippen LogP contribution in [-0.4, -0.2) is 32.2 Å². The first-order valence-electron chi connectivity index (χ1n) is 6.30. The lowest BCUT2D eigenvalue weighted by atomic mass is 10.2. The molecule has 2 aromatic heterocycles. The molecule has 8 heteroatoms. The number of ether oxygens (including phenoxy) is 1. The van der Waals surface area contributed by atoms with E-state index in [1.807, 2.05) is 31.2 Å². The summed E-state index contributed by atoms with van der Waals surface area (Å²) in [7, 11) is 1.62. The summed E-state index contributed by atoms with van der Waals surface area (Å²) in [5, 5.41) is 11.7. The second-order valence-corrected chi connectivity index (χ2v) is 4.46. The van der Waals surface area contributed by atoms with Crippen molar-refractivity contribution in [3.63, 3.8) is 0 Å². The largest absolute Gasteiger partial charge is 0.497 e. The fourth-order valence-corrected chi connectivity index (χ4v) is 1.83. The van der Waals surface area contributed by atoms with E-state index < -0.39 is 0 Å². The molecule has 0 spiro atoms. The SMILES string of the molecule is COc1ccc(-c2noc(Cn3nnc(N)c3C)n2)cc1. The zero-order chi connectivity index (χ0) is 14.8. The Balaban J connectivity index is 1.81. The summed E-state index contributed by atoms with van der Waals surface area (Å²) in [6.07, 6.45) is 0. The van der Waals surface area contributed by atoms with Crippen molar-refractivity contribution in [2.45, 2.75) is 13.5 Å². The Morgan fingerprint density at radius 2 is 2.05 bits per heavy atom. The van der Waals surface area contributed by atoms with Crippen LogP contribution in [0.4, 0.5) is 5.82 Å². The van der Waals surface area contributed by atoms with E-state index in [1.54, 1.807) is 11.8 Å². The van der Waals surface area contributed by atoms with E-state index in [0.717, 1.165) is 17.0 Å². The third-order valence-electron chi connectivity index (χ3n) is 3.12. The molecular weight excluding hydrogens is 272 g/mol. The summed E-state index contributed by atoms with van der Waals surface area (Å²) in [5.74, 6) is 2.12. The van der Waals surface area contributed by atoms with Crippen LogP contribution < -0.4 is 10.5 Å². The van der Waals surface area contributed by atoms with Crippen molar-refractivity contribution in [1.29, 1.82) is 0 Å². The number of hydrogen-bond acceptors (Lipinski definition) is 7. The maximum atomic E-state index is 5.64. The number of methoxy groups -OCH3 is 1. The van der Waals surface area contributed by atoms with E-state index in [9.17, 15) is 0 Å². The molecule has 0 aliphatic rings. The second kappa shape index (κ2) is 5.23. The molecule has 3 rings (SSSR count). The lowest BCUT2D eigenvalue weighted by molar-refractivity contribution is 0.363. The van der Waals surface area contributed by atoms with Crippen molar-refractivity contribution < 1.29 is 9.26 Å². The Hall–Kier alpha value is -2.90. The first-order valence-corrected chi connectivity index (χ1v) is 6.30. The quantitative estimate of drug-likeness (QED) is 0.770. The van der Waals surface area contributed by atoms with Crippen LogP contribution in [0.25, 0.3) is 11.4 Å². The highest BCUT2D eigenvalue weighted by Crippen LogP contribution is 2.20. The number of nitrogens with zero attached hydrogens (tertiary/aromatic N) is 5. The number of hydrogen-bond donors (Lipinski definition) is 1. The maximum Gasteiger partial charge on any atom is 0.248 e. The minimum Gasteiger partial charge on any atom is -0.497 e. The Kier molecular flexibility index (Phi) is 3.27. The number of benzene rings is 1. The second-order valence-electron chi connectivity index (χ2n) is 4.46. The van der Waals surface area contributed by atoms with E-state index in [2.05, 4.69) is 20.5 Å². The molecular formula is C13H14N6O2. The van der Waals surface area contributed by atoms with E-state index in [1.165, 1.54) is 0 Å². The Labute approximate surface area is 120 Å². The van der Waals surface area contributed by atoms with Gasteiger partial charge in [0.2, 0.25) is 11.7 Å². The Morgan fingerprint density at radius 1 is 1.29 bits per heavy atom. The smallest absolute Gasteiger partial charge is 0.248 e. The van der Waals surface area contributed by atoms with Gasteiger partial charge >= 0.3 is 0 Å². The van der Waals surface area contributed by atoms with E-state index in [4.69, 9.17) is 15.0 Å². The van der Waals surface area contributed by atoms with Gasteiger partial charge in [-0.25, -0.2) is 4.68 Å². The topological polar surface area (TPSA) is 105 Å². The van der Waals surface area contributed by atoms with E-state index in [-0.39, 0.29) is 0 Å². The molecule has 8 nitrogen and oxygen atoms in total. The highest BCUT2D eigenvalue weighted by Gasteiger charge is 2.12. The summed E-state index contributed by atoms with van der Waals surface area (Å²) in [6, 6.07) is 7.42. The third-order valence-corrected chi connectivity index (χ3v) is 3.12. The van der Waals surface area contributed by atoms with Gasteiger partial charge in [0.15, 0.2) is 5.82 Å². The molecule has 0 aliphatic heterocycles. The molecule has 108 valence electrons. The van der Waals surface area contributed by atoms with Crippen molar-refractivity contribution in [3.05, 3.63) is 35.9 Å². The number of aromatic nitrogens is 5. The number of nitrogen functional groups attached to an aromatic ring is 1. The fraction of sp³-hybridized carbons (Fsp3) is 0.231. The summed E-state index contributed by atoms with van der Waals surface area (Å²) < 4.78 is 11.9. The molecule has 0 saturated heterocycles. The van der Waals surface area contributed by atoms with Crippen LogP contribution in [0.15, 0.2) is 28.8 Å². The molecule has 0 atom stereocenters. The maximum absolute atomic E-state index is 5.64. The van der Waals surface area contributed by atoms with Gasteiger partial charge < -0.3 is 15.0 Å². The van der Waals surface area contributed by atoms with Gasteiger partial charge in [0.1, 0.15) is 12.3 Å². The zero-order valence-corrected chi connectivity index (χ0v) is 11.6. The Bertz CT molecular complexity index is 746. The average molecular weight is 286 g/mol. The molecule has 3 aromatic rings. The average Bonchev–Trinajstić information content (AvgIpc) is 3.10. The molecule has 0 saturated carbocycles. The Morgan fingerprint density at radius 3 is 2.67 bits per heavy atom. The molecule has 2 N–H and O–H groups in total. The summed E-state index contributed by atoms with van der Waals surface area (Å²) in [5.41, 5.74) is 7.26. The molecule has 0 unspecified atom stereocenters. The van der Waals surface area contributed by atoms with Crippen molar-refractivity contribution in [1.82, 2.24) is 25.1 Å². The van der Waals surface area contributed by atoms with Gasteiger partial charge in [0.05, 0.1) is 12.8 Å². The van der Waals surface area contributed by atoms with E-state index in [0.29, 0.717) is 24.1 Å². The van der Waals surface area contributed by atoms with Crippen LogP contribution in [0.3, 0.4) is 0 Å². The minimum atomic E-state index is 0.333. The van der Waals surface area contributed by atoms with Gasteiger partial charge in [0.25, 0.3) is 0 Å². The molecule has 0 bridgehead atoms. The molecule has 0 amide bonds. The molecule has 0 radical (unpaired) electrons. The van der Waals surface area contributed by atoms with Crippen LogP contribution in [0.2, 0.25) is 0 Å². The van der Waals surface area contributed by atoms with Crippen LogP contribution >= 0.6 is 0 Å². The van der Waals surface area contributed by atoms with Gasteiger partial charge in [-0.3, -0.25) is 0 Å². The summed E-state index contributed by atoms with van der Waals surface area (Å²) in [4.78, 5) is 4.33. The fourth-order valence-electron chi connectivity index (χ4n) is 1.83. The predicted octanol–water partition coefficient (Wildman–Crippen LogP) is 1.28. The predicted molar refractivity (Wildman–Crippen MR) is 74.6 cm³/mol. The standard InChI is InChI=1S/C13H14N6O2/c1-8-12(14)16-18-19(8)7-11-15-13(17-21-11)9-3-5-10(20-2)6-4-9/h3-6H,7,14H2,1-2H3. The third kappa shape index (κ3) is 2.55.